The van der Waals surface area contributed by atoms with Gasteiger partial charge in [-0.15, -0.1) is 0 Å². The Hall–Kier alpha value is -1.62. The maximum absolute atomic E-state index is 12.6. The van der Waals surface area contributed by atoms with E-state index in [0.717, 1.165) is 38.6 Å². The molecule has 0 saturated carbocycles. The minimum absolute atomic E-state index is 0.0172. The Morgan fingerprint density at radius 2 is 2.19 bits per heavy atom. The van der Waals surface area contributed by atoms with E-state index in [0.29, 0.717) is 12.2 Å². The van der Waals surface area contributed by atoms with E-state index in [1.807, 2.05) is 6.92 Å². The molecule has 1 atom stereocenters. The Balaban J connectivity index is 2.15. The van der Waals surface area contributed by atoms with E-state index in [9.17, 15) is 9.59 Å². The lowest BCUT2D eigenvalue weighted by molar-refractivity contribution is -0.122. The van der Waals surface area contributed by atoms with E-state index >= 15 is 0 Å². The molecule has 1 fully saturated rings. The molecule has 1 aromatic rings. The normalized spacial score (nSPS) is 21.4. The van der Waals surface area contributed by atoms with E-state index in [4.69, 9.17) is 0 Å². The van der Waals surface area contributed by atoms with Crippen molar-refractivity contribution in [1.29, 1.82) is 0 Å². The number of pyridine rings is 1. The number of aryl methyl sites for hydroxylation is 1. The third-order valence-electron chi connectivity index (χ3n) is 4.06. The molecule has 21 heavy (non-hydrogen) atoms. The van der Waals surface area contributed by atoms with E-state index in [-0.39, 0.29) is 11.5 Å². The van der Waals surface area contributed by atoms with Crippen molar-refractivity contribution in [2.75, 3.05) is 11.9 Å². The SMILES string of the molecule is CCCn1cc(NC(=O)C2(CCC)CCCN2)ccc1=O. The Labute approximate surface area is 125 Å². The van der Waals surface area contributed by atoms with Crippen LogP contribution in [0.25, 0.3) is 0 Å². The predicted octanol–water partition coefficient (Wildman–Crippen LogP) is 2.12. The Morgan fingerprint density at radius 1 is 1.38 bits per heavy atom. The third kappa shape index (κ3) is 3.53. The molecule has 1 saturated heterocycles. The van der Waals surface area contributed by atoms with Gasteiger partial charge < -0.3 is 15.2 Å². The van der Waals surface area contributed by atoms with Gasteiger partial charge in [0.25, 0.3) is 5.56 Å². The van der Waals surface area contributed by atoms with Crippen LogP contribution in [0.3, 0.4) is 0 Å². The maximum atomic E-state index is 12.6. The Bertz CT molecular complexity index is 545. The van der Waals surface area contributed by atoms with E-state index in [2.05, 4.69) is 17.6 Å². The minimum Gasteiger partial charge on any atom is -0.323 e. The van der Waals surface area contributed by atoms with Crippen LogP contribution >= 0.6 is 0 Å². The minimum atomic E-state index is -0.444. The van der Waals surface area contributed by atoms with Crippen molar-refractivity contribution in [3.8, 4) is 0 Å². The second-order valence-corrected chi connectivity index (χ2v) is 5.77. The summed E-state index contributed by atoms with van der Waals surface area (Å²) in [7, 11) is 0. The highest BCUT2D eigenvalue weighted by Crippen LogP contribution is 2.26. The first-order valence-electron chi connectivity index (χ1n) is 7.88. The first-order valence-corrected chi connectivity index (χ1v) is 7.88. The molecule has 5 nitrogen and oxygen atoms in total. The number of rotatable bonds is 6. The van der Waals surface area contributed by atoms with E-state index in [1.165, 1.54) is 6.07 Å². The third-order valence-corrected chi connectivity index (χ3v) is 4.06. The van der Waals surface area contributed by atoms with Crippen LogP contribution in [0, 0.1) is 0 Å². The summed E-state index contributed by atoms with van der Waals surface area (Å²) in [6, 6.07) is 3.20. The van der Waals surface area contributed by atoms with Gasteiger partial charge in [0.1, 0.15) is 0 Å². The quantitative estimate of drug-likeness (QED) is 0.844. The molecule has 1 aromatic heterocycles. The highest BCUT2D eigenvalue weighted by Gasteiger charge is 2.39. The molecular formula is C16H25N3O2. The molecule has 0 bridgehead atoms. The fraction of sp³-hybridized carbons (Fsp3) is 0.625. The molecule has 0 spiro atoms. The van der Waals surface area contributed by atoms with Crippen molar-refractivity contribution >= 4 is 11.6 Å². The Kier molecular flexibility index (Phi) is 5.17. The van der Waals surface area contributed by atoms with Crippen molar-refractivity contribution in [3.05, 3.63) is 28.7 Å². The number of nitrogens with one attached hydrogen (secondary N) is 2. The zero-order valence-electron chi connectivity index (χ0n) is 12.9. The van der Waals surface area contributed by atoms with Gasteiger partial charge in [-0.2, -0.15) is 0 Å². The van der Waals surface area contributed by atoms with Gasteiger partial charge >= 0.3 is 0 Å². The topological polar surface area (TPSA) is 63.1 Å². The second kappa shape index (κ2) is 6.89. The van der Waals surface area contributed by atoms with Crippen LogP contribution in [0.5, 0.6) is 0 Å². The van der Waals surface area contributed by atoms with E-state index in [1.54, 1.807) is 16.8 Å². The van der Waals surface area contributed by atoms with Crippen molar-refractivity contribution in [1.82, 2.24) is 9.88 Å². The second-order valence-electron chi connectivity index (χ2n) is 5.77. The summed E-state index contributed by atoms with van der Waals surface area (Å²) < 4.78 is 1.64. The van der Waals surface area contributed by atoms with Gasteiger partial charge in [-0.1, -0.05) is 20.3 Å². The summed E-state index contributed by atoms with van der Waals surface area (Å²) in [5, 5.41) is 6.34. The monoisotopic (exact) mass is 291 g/mol. The van der Waals surface area contributed by atoms with E-state index < -0.39 is 5.54 Å². The lowest BCUT2D eigenvalue weighted by atomic mass is 9.91. The fourth-order valence-electron chi connectivity index (χ4n) is 3.03. The van der Waals surface area contributed by atoms with Gasteiger partial charge in [0.2, 0.25) is 5.91 Å². The molecule has 2 heterocycles. The van der Waals surface area contributed by atoms with Crippen LogP contribution in [0.15, 0.2) is 23.1 Å². The van der Waals surface area contributed by atoms with Crippen LogP contribution in [-0.2, 0) is 11.3 Å². The predicted molar refractivity (Wildman–Crippen MR) is 84.5 cm³/mol. The van der Waals surface area contributed by atoms with Crippen molar-refractivity contribution in [3.63, 3.8) is 0 Å². The molecule has 1 unspecified atom stereocenters. The number of amides is 1. The number of aromatic nitrogens is 1. The number of nitrogens with zero attached hydrogens (tertiary/aromatic N) is 1. The zero-order valence-corrected chi connectivity index (χ0v) is 12.9. The van der Waals surface area contributed by atoms with Crippen LogP contribution in [0.1, 0.15) is 46.0 Å². The van der Waals surface area contributed by atoms with Gasteiger partial charge in [-0.3, -0.25) is 9.59 Å². The summed E-state index contributed by atoms with van der Waals surface area (Å²) in [4.78, 5) is 24.3. The van der Waals surface area contributed by atoms with Crippen LogP contribution < -0.4 is 16.2 Å². The summed E-state index contributed by atoms with van der Waals surface area (Å²) in [5.41, 5.74) is 0.217. The van der Waals surface area contributed by atoms with Crippen LogP contribution in [-0.4, -0.2) is 22.6 Å². The van der Waals surface area contributed by atoms with Crippen molar-refractivity contribution in [2.45, 2.75) is 58.0 Å². The molecule has 0 aromatic carbocycles. The number of anilines is 1. The first kappa shape index (κ1) is 15.8. The van der Waals surface area contributed by atoms with Crippen molar-refractivity contribution < 1.29 is 4.79 Å². The lowest BCUT2D eigenvalue weighted by Gasteiger charge is -2.27. The van der Waals surface area contributed by atoms with Gasteiger partial charge in [0, 0.05) is 18.8 Å². The highest BCUT2D eigenvalue weighted by atomic mass is 16.2. The Morgan fingerprint density at radius 3 is 2.81 bits per heavy atom. The molecule has 5 heteroatoms. The molecule has 0 radical (unpaired) electrons. The highest BCUT2D eigenvalue weighted by molar-refractivity contribution is 5.98. The smallest absolute Gasteiger partial charge is 0.250 e. The van der Waals surface area contributed by atoms with Gasteiger partial charge in [0.15, 0.2) is 0 Å². The number of carbonyl (C=O) groups excluding carboxylic acids is 1. The largest absolute Gasteiger partial charge is 0.323 e. The molecule has 2 rings (SSSR count). The molecule has 1 aliphatic heterocycles. The maximum Gasteiger partial charge on any atom is 0.250 e. The molecule has 1 aliphatic rings. The molecule has 0 aliphatic carbocycles. The van der Waals surface area contributed by atoms with Crippen LogP contribution in [0.4, 0.5) is 5.69 Å². The molecular weight excluding hydrogens is 266 g/mol. The summed E-state index contributed by atoms with van der Waals surface area (Å²) in [6.07, 6.45) is 6.34. The number of carbonyl (C=O) groups is 1. The van der Waals surface area contributed by atoms with Gasteiger partial charge in [-0.25, -0.2) is 0 Å². The summed E-state index contributed by atoms with van der Waals surface area (Å²) >= 11 is 0. The molecule has 1 amide bonds. The molecule has 2 N–H and O–H groups in total. The average Bonchev–Trinajstić information content (AvgIpc) is 2.93. The fourth-order valence-corrected chi connectivity index (χ4v) is 3.03. The molecule has 116 valence electrons. The van der Waals surface area contributed by atoms with Gasteiger partial charge in [-0.05, 0) is 38.3 Å². The lowest BCUT2D eigenvalue weighted by Crippen LogP contribution is -2.50. The first-order chi connectivity index (χ1) is 10.1. The van der Waals surface area contributed by atoms with Crippen molar-refractivity contribution in [2.24, 2.45) is 0 Å². The van der Waals surface area contributed by atoms with Gasteiger partial charge in [0.05, 0.1) is 11.2 Å². The average molecular weight is 291 g/mol. The standard InChI is InChI=1S/C16H25N3O2/c1-3-8-16(9-5-10-17-16)15(21)18-13-6-7-14(20)19(12-13)11-4-2/h6-7,12,17H,3-5,8-11H2,1-2H3,(H,18,21). The number of hydrogen-bond donors (Lipinski definition) is 2. The summed E-state index contributed by atoms with van der Waals surface area (Å²) in [5.74, 6) is 0.0172. The zero-order chi connectivity index (χ0) is 15.3. The number of hydrogen-bond acceptors (Lipinski definition) is 3. The van der Waals surface area contributed by atoms with Crippen LogP contribution in [0.2, 0.25) is 0 Å². The summed E-state index contributed by atoms with van der Waals surface area (Å²) in [6.45, 7) is 5.68.